The Morgan fingerprint density at radius 1 is 0.633 bits per heavy atom. The first-order valence-corrected chi connectivity index (χ1v) is 10.1. The molecule has 4 aromatic rings. The van der Waals surface area contributed by atoms with Crippen LogP contribution >= 0.6 is 11.6 Å². The SMILES string of the molecule is O=C1c2ccccc2C(O)(c2ccccc2-c2ccccc2Cl)N1c1ccccc1. The molecule has 0 fully saturated rings. The Balaban J connectivity index is 1.83. The van der Waals surface area contributed by atoms with Crippen LogP contribution in [0.15, 0.2) is 103 Å². The highest BCUT2D eigenvalue weighted by Gasteiger charge is 2.51. The fraction of sp³-hybridized carbons (Fsp3) is 0.0385. The maximum atomic E-state index is 13.4. The number of hydrogen-bond acceptors (Lipinski definition) is 2. The van der Waals surface area contributed by atoms with Crippen LogP contribution in [0.3, 0.4) is 0 Å². The number of anilines is 1. The Labute approximate surface area is 179 Å². The van der Waals surface area contributed by atoms with E-state index < -0.39 is 5.72 Å². The second-order valence-electron chi connectivity index (χ2n) is 7.22. The molecular weight excluding hydrogens is 394 g/mol. The number of rotatable bonds is 3. The molecule has 1 aliphatic rings. The number of aliphatic hydroxyl groups is 1. The topological polar surface area (TPSA) is 40.5 Å². The molecule has 146 valence electrons. The average Bonchev–Trinajstić information content (AvgIpc) is 3.03. The van der Waals surface area contributed by atoms with Crippen molar-refractivity contribution in [1.29, 1.82) is 0 Å². The van der Waals surface area contributed by atoms with Gasteiger partial charge in [-0.05, 0) is 29.8 Å². The standard InChI is InChI=1S/C26H18ClNO2/c27-24-17-9-6-13-20(24)19-12-4-7-15-22(19)26(30)23-16-8-5-14-21(23)25(29)28(26)18-10-2-1-3-11-18/h1-17,30H. The molecule has 5 rings (SSSR count). The molecular formula is C26H18ClNO2. The lowest BCUT2D eigenvalue weighted by Gasteiger charge is -2.36. The predicted octanol–water partition coefficient (Wildman–Crippen LogP) is 5.86. The monoisotopic (exact) mass is 411 g/mol. The number of carbonyl (C=O) groups is 1. The van der Waals surface area contributed by atoms with Crippen molar-refractivity contribution >= 4 is 23.2 Å². The molecule has 1 heterocycles. The van der Waals surface area contributed by atoms with Gasteiger partial charge in [0.25, 0.3) is 5.91 Å². The zero-order valence-corrected chi connectivity index (χ0v) is 16.8. The molecule has 1 atom stereocenters. The molecule has 0 aromatic heterocycles. The van der Waals surface area contributed by atoms with E-state index in [1.54, 1.807) is 12.1 Å². The fourth-order valence-electron chi connectivity index (χ4n) is 4.21. The van der Waals surface area contributed by atoms with Crippen LogP contribution in [-0.4, -0.2) is 11.0 Å². The smallest absolute Gasteiger partial charge is 0.261 e. The summed E-state index contributed by atoms with van der Waals surface area (Å²) in [5.41, 5.74) is 2.15. The summed E-state index contributed by atoms with van der Waals surface area (Å²) >= 11 is 6.50. The molecule has 0 saturated heterocycles. The van der Waals surface area contributed by atoms with Gasteiger partial charge in [-0.2, -0.15) is 0 Å². The van der Waals surface area contributed by atoms with Crippen LogP contribution in [-0.2, 0) is 5.72 Å². The summed E-state index contributed by atoms with van der Waals surface area (Å²) in [6, 6.07) is 31.5. The number of nitrogens with zero attached hydrogens (tertiary/aromatic N) is 1. The fourth-order valence-corrected chi connectivity index (χ4v) is 4.45. The van der Waals surface area contributed by atoms with Gasteiger partial charge >= 0.3 is 0 Å². The largest absolute Gasteiger partial charge is 0.363 e. The number of amides is 1. The molecule has 3 nitrogen and oxygen atoms in total. The van der Waals surface area contributed by atoms with Crippen LogP contribution in [0.25, 0.3) is 11.1 Å². The number of fused-ring (bicyclic) bond motifs is 1. The van der Waals surface area contributed by atoms with Crippen molar-refractivity contribution in [2.45, 2.75) is 5.72 Å². The van der Waals surface area contributed by atoms with E-state index in [4.69, 9.17) is 11.6 Å². The predicted molar refractivity (Wildman–Crippen MR) is 120 cm³/mol. The molecule has 1 aliphatic heterocycles. The lowest BCUT2D eigenvalue weighted by atomic mass is 9.87. The normalized spacial score (nSPS) is 17.8. The Kier molecular flexibility index (Phi) is 4.43. The van der Waals surface area contributed by atoms with E-state index in [0.717, 1.165) is 11.1 Å². The van der Waals surface area contributed by atoms with Crippen molar-refractivity contribution in [2.75, 3.05) is 4.90 Å². The minimum absolute atomic E-state index is 0.242. The Hall–Kier alpha value is -3.40. The molecule has 1 amide bonds. The zero-order valence-electron chi connectivity index (χ0n) is 16.0. The van der Waals surface area contributed by atoms with E-state index >= 15 is 0 Å². The second kappa shape index (κ2) is 7.13. The minimum Gasteiger partial charge on any atom is -0.363 e. The summed E-state index contributed by atoms with van der Waals surface area (Å²) < 4.78 is 0. The van der Waals surface area contributed by atoms with Crippen molar-refractivity contribution in [1.82, 2.24) is 0 Å². The highest BCUT2D eigenvalue weighted by Crippen LogP contribution is 2.48. The van der Waals surface area contributed by atoms with Crippen molar-refractivity contribution in [2.24, 2.45) is 0 Å². The van der Waals surface area contributed by atoms with Gasteiger partial charge < -0.3 is 5.11 Å². The number of hydrogen-bond donors (Lipinski definition) is 1. The van der Waals surface area contributed by atoms with Gasteiger partial charge in [0.2, 0.25) is 0 Å². The van der Waals surface area contributed by atoms with E-state index in [1.165, 1.54) is 4.90 Å². The first-order valence-electron chi connectivity index (χ1n) is 9.68. The van der Waals surface area contributed by atoms with Gasteiger partial charge in [-0.1, -0.05) is 90.5 Å². The third-order valence-corrected chi connectivity index (χ3v) is 5.87. The Morgan fingerprint density at radius 2 is 1.13 bits per heavy atom. The number of benzene rings is 4. The maximum absolute atomic E-state index is 13.4. The Morgan fingerprint density at radius 3 is 1.80 bits per heavy atom. The summed E-state index contributed by atoms with van der Waals surface area (Å²) in [5, 5.41) is 12.9. The van der Waals surface area contributed by atoms with E-state index in [1.807, 2.05) is 91.0 Å². The molecule has 0 bridgehead atoms. The zero-order chi connectivity index (χ0) is 20.7. The van der Waals surface area contributed by atoms with Gasteiger partial charge in [0.1, 0.15) is 0 Å². The van der Waals surface area contributed by atoms with Gasteiger partial charge in [-0.3, -0.25) is 9.69 Å². The quantitative estimate of drug-likeness (QED) is 0.458. The van der Waals surface area contributed by atoms with Gasteiger partial charge in [-0.25, -0.2) is 0 Å². The number of carbonyl (C=O) groups excluding carboxylic acids is 1. The van der Waals surface area contributed by atoms with E-state index in [0.29, 0.717) is 27.4 Å². The lowest BCUT2D eigenvalue weighted by Crippen LogP contribution is -2.45. The first-order chi connectivity index (χ1) is 14.6. The van der Waals surface area contributed by atoms with Crippen LogP contribution < -0.4 is 4.90 Å². The van der Waals surface area contributed by atoms with Gasteiger partial charge in [-0.15, -0.1) is 0 Å². The third kappa shape index (κ3) is 2.67. The molecule has 0 saturated carbocycles. The van der Waals surface area contributed by atoms with Crippen LogP contribution in [0.4, 0.5) is 5.69 Å². The van der Waals surface area contributed by atoms with Gasteiger partial charge in [0.05, 0.1) is 0 Å². The van der Waals surface area contributed by atoms with Crippen LogP contribution in [0.5, 0.6) is 0 Å². The molecule has 4 aromatic carbocycles. The Bertz CT molecular complexity index is 1250. The molecule has 1 unspecified atom stereocenters. The lowest BCUT2D eigenvalue weighted by molar-refractivity contribution is 0.0706. The molecule has 0 aliphatic carbocycles. The molecule has 30 heavy (non-hydrogen) atoms. The van der Waals surface area contributed by atoms with Gasteiger partial charge in [0.15, 0.2) is 5.72 Å². The van der Waals surface area contributed by atoms with Crippen molar-refractivity contribution in [3.63, 3.8) is 0 Å². The van der Waals surface area contributed by atoms with Crippen LogP contribution in [0, 0.1) is 0 Å². The second-order valence-corrected chi connectivity index (χ2v) is 7.63. The average molecular weight is 412 g/mol. The van der Waals surface area contributed by atoms with Crippen molar-refractivity contribution in [3.8, 4) is 11.1 Å². The summed E-state index contributed by atoms with van der Waals surface area (Å²) in [7, 11) is 0. The summed E-state index contributed by atoms with van der Waals surface area (Å²) in [6.45, 7) is 0. The molecule has 1 N–H and O–H groups in total. The van der Waals surface area contributed by atoms with E-state index in [2.05, 4.69) is 0 Å². The minimum atomic E-state index is -1.68. The maximum Gasteiger partial charge on any atom is 0.261 e. The molecule has 0 radical (unpaired) electrons. The van der Waals surface area contributed by atoms with Crippen molar-refractivity contribution < 1.29 is 9.90 Å². The van der Waals surface area contributed by atoms with Crippen LogP contribution in [0.2, 0.25) is 5.02 Å². The highest BCUT2D eigenvalue weighted by molar-refractivity contribution is 6.33. The molecule has 4 heteroatoms. The van der Waals surface area contributed by atoms with Crippen LogP contribution in [0.1, 0.15) is 21.5 Å². The van der Waals surface area contributed by atoms with E-state index in [-0.39, 0.29) is 5.91 Å². The summed E-state index contributed by atoms with van der Waals surface area (Å²) in [4.78, 5) is 14.9. The number of halogens is 1. The van der Waals surface area contributed by atoms with Crippen molar-refractivity contribution in [3.05, 3.63) is 125 Å². The number of para-hydroxylation sites is 1. The third-order valence-electron chi connectivity index (χ3n) is 5.54. The highest BCUT2D eigenvalue weighted by atomic mass is 35.5. The first kappa shape index (κ1) is 18.6. The van der Waals surface area contributed by atoms with Gasteiger partial charge in [0, 0.05) is 33.0 Å². The molecule has 0 spiro atoms. The summed E-state index contributed by atoms with van der Waals surface area (Å²) in [6.07, 6.45) is 0. The summed E-state index contributed by atoms with van der Waals surface area (Å²) in [5.74, 6) is -0.242. The van der Waals surface area contributed by atoms with E-state index in [9.17, 15) is 9.90 Å².